The summed E-state index contributed by atoms with van der Waals surface area (Å²) in [6, 6.07) is 0. The predicted molar refractivity (Wildman–Crippen MR) is 62.0 cm³/mol. The number of amides is 1. The molecule has 0 aromatic heterocycles. The van der Waals surface area contributed by atoms with E-state index in [1.165, 1.54) is 14.0 Å². The van der Waals surface area contributed by atoms with Crippen LogP contribution in [-0.2, 0) is 9.53 Å². The fraction of sp³-hybridized carbons (Fsp3) is 0.800. The van der Waals surface area contributed by atoms with Crippen LogP contribution >= 0.6 is 11.8 Å². The van der Waals surface area contributed by atoms with E-state index in [-0.39, 0.29) is 11.7 Å². The van der Waals surface area contributed by atoms with Gasteiger partial charge in [0.15, 0.2) is 5.12 Å². The second-order valence-corrected chi connectivity index (χ2v) is 5.14. The maximum Gasteiger partial charge on any atom is 0.410 e. The van der Waals surface area contributed by atoms with Crippen LogP contribution in [-0.4, -0.2) is 41.0 Å². The van der Waals surface area contributed by atoms with Crippen molar-refractivity contribution >= 4 is 23.0 Å². The van der Waals surface area contributed by atoms with Crippen LogP contribution in [0, 0.1) is 0 Å². The van der Waals surface area contributed by atoms with Gasteiger partial charge in [0.2, 0.25) is 0 Å². The second kappa shape index (κ2) is 6.00. The summed E-state index contributed by atoms with van der Waals surface area (Å²) in [5, 5.41) is -0.326. The van der Waals surface area contributed by atoms with Crippen molar-refractivity contribution < 1.29 is 17.1 Å². The molecule has 0 rings (SSSR count). The number of carbonyl (C=O) groups excluding carboxylic acids is 2. The minimum Gasteiger partial charge on any atom is -0.444 e. The average Bonchev–Trinajstić information content (AvgIpc) is 1.96. The van der Waals surface area contributed by atoms with Crippen LogP contribution < -0.4 is 0 Å². The highest BCUT2D eigenvalue weighted by Crippen LogP contribution is 2.09. The van der Waals surface area contributed by atoms with Crippen LogP contribution in [0.2, 0.25) is 0 Å². The zero-order valence-corrected chi connectivity index (χ0v) is 10.6. The van der Waals surface area contributed by atoms with Gasteiger partial charge in [-0.15, -0.1) is 0 Å². The van der Waals surface area contributed by atoms with Crippen molar-refractivity contribution in [3.63, 3.8) is 0 Å². The molecule has 0 fully saturated rings. The Morgan fingerprint density at radius 3 is 2.40 bits per heavy atom. The molecule has 88 valence electrons. The number of thioether (sulfide) groups is 1. The highest BCUT2D eigenvalue weighted by Gasteiger charge is 2.19. The van der Waals surface area contributed by atoms with Crippen molar-refractivity contribution in [2.24, 2.45) is 0 Å². The molecule has 5 heteroatoms. The summed E-state index contributed by atoms with van der Waals surface area (Å²) in [6.45, 7) is 6.29. The lowest BCUT2D eigenvalue weighted by atomic mass is 10.2. The fourth-order valence-electron chi connectivity index (χ4n) is 0.635. The maximum atomic E-state index is 11.6. The first-order valence-corrected chi connectivity index (χ1v) is 5.38. The number of hydrogen-bond acceptors (Lipinski definition) is 4. The van der Waals surface area contributed by atoms with E-state index in [1.54, 1.807) is 20.8 Å². The normalized spacial score (nSPS) is 13.9. The first-order chi connectivity index (χ1) is 7.43. The first-order valence-electron chi connectivity index (χ1n) is 5.57. The summed E-state index contributed by atoms with van der Waals surface area (Å²) in [4.78, 5) is 23.5. The van der Waals surface area contributed by atoms with Crippen LogP contribution in [0.3, 0.4) is 0 Å². The van der Waals surface area contributed by atoms with Crippen molar-refractivity contribution in [2.45, 2.75) is 33.3 Å². The highest BCUT2D eigenvalue weighted by atomic mass is 32.2. The number of hydrogen-bond donors (Lipinski definition) is 0. The zero-order valence-electron chi connectivity index (χ0n) is 11.8. The van der Waals surface area contributed by atoms with Crippen molar-refractivity contribution in [1.29, 1.82) is 0 Å². The van der Waals surface area contributed by atoms with Crippen molar-refractivity contribution in [3.8, 4) is 0 Å². The highest BCUT2D eigenvalue weighted by molar-refractivity contribution is 8.13. The Morgan fingerprint density at radius 1 is 1.47 bits per heavy atom. The standard InChI is InChI=1S/C10H19NO3S/c1-8(12)15-7-6-11(5)9(13)14-10(2,3)4/h6-7H2,1-5H3/i7D2. The number of ether oxygens (including phenoxy) is 1. The molecule has 0 saturated heterocycles. The third kappa shape index (κ3) is 8.30. The summed E-state index contributed by atoms with van der Waals surface area (Å²) in [7, 11) is 1.44. The average molecular weight is 235 g/mol. The topological polar surface area (TPSA) is 46.6 Å². The molecule has 0 aliphatic rings. The Hall–Kier alpha value is -0.710. The smallest absolute Gasteiger partial charge is 0.410 e. The molecule has 0 aliphatic heterocycles. The quantitative estimate of drug-likeness (QED) is 0.752. The fourth-order valence-corrected chi connectivity index (χ4v) is 1.10. The molecular weight excluding hydrogens is 214 g/mol. The summed E-state index contributed by atoms with van der Waals surface area (Å²) in [6.07, 6.45) is -0.606. The zero-order chi connectivity index (χ0) is 13.9. The monoisotopic (exact) mass is 235 g/mol. The third-order valence-electron chi connectivity index (χ3n) is 1.22. The summed E-state index contributed by atoms with van der Waals surface area (Å²) in [5.74, 6) is 0. The Morgan fingerprint density at radius 2 is 2.00 bits per heavy atom. The van der Waals surface area contributed by atoms with Crippen LogP contribution in [0.15, 0.2) is 0 Å². The Balaban J connectivity index is 4.38. The Kier molecular flexibility index (Phi) is 4.32. The number of carbonyl (C=O) groups is 2. The predicted octanol–water partition coefficient (Wildman–Crippen LogP) is 2.13. The van der Waals surface area contributed by atoms with Gasteiger partial charge in [-0.1, -0.05) is 11.8 Å². The van der Waals surface area contributed by atoms with Crippen LogP contribution in [0.1, 0.15) is 30.4 Å². The molecule has 15 heavy (non-hydrogen) atoms. The number of nitrogens with zero attached hydrogens (tertiary/aromatic N) is 1. The molecule has 0 atom stereocenters. The van der Waals surface area contributed by atoms with E-state index in [2.05, 4.69) is 0 Å². The number of rotatable bonds is 3. The Bertz CT molecular complexity index is 302. The van der Waals surface area contributed by atoms with E-state index in [4.69, 9.17) is 7.48 Å². The lowest BCUT2D eigenvalue weighted by Crippen LogP contribution is -2.35. The maximum absolute atomic E-state index is 11.6. The molecular formula is C10H19NO3S. The molecule has 0 N–H and O–H groups in total. The lowest BCUT2D eigenvalue weighted by Gasteiger charge is -2.24. The molecule has 0 saturated carbocycles. The SMILES string of the molecule is [2H]C([2H])(CN(C)C(=O)OC(C)(C)C)SC(C)=O. The van der Waals surface area contributed by atoms with Gasteiger partial charge in [-0.2, -0.15) is 0 Å². The van der Waals surface area contributed by atoms with Crippen LogP contribution in [0.25, 0.3) is 0 Å². The molecule has 1 amide bonds. The largest absolute Gasteiger partial charge is 0.444 e. The van der Waals surface area contributed by atoms with Gasteiger partial charge < -0.3 is 9.64 Å². The summed E-state index contributed by atoms with van der Waals surface area (Å²) in [5.41, 5.74) is -2.43. The molecule has 0 radical (unpaired) electrons. The Labute approximate surface area is 98.2 Å². The molecule has 0 aliphatic carbocycles. The van der Waals surface area contributed by atoms with E-state index >= 15 is 0 Å². The molecule has 0 unspecified atom stereocenters. The van der Waals surface area contributed by atoms with Crippen LogP contribution in [0.4, 0.5) is 4.79 Å². The van der Waals surface area contributed by atoms with E-state index < -0.39 is 17.4 Å². The van der Waals surface area contributed by atoms with Crippen molar-refractivity contribution in [1.82, 2.24) is 4.90 Å². The van der Waals surface area contributed by atoms with Gasteiger partial charge in [0, 0.05) is 29.0 Å². The van der Waals surface area contributed by atoms with E-state index in [0.717, 1.165) is 4.90 Å². The molecule has 0 spiro atoms. The van der Waals surface area contributed by atoms with Gasteiger partial charge in [0.05, 0.1) is 0 Å². The molecule has 0 aromatic carbocycles. The van der Waals surface area contributed by atoms with Gasteiger partial charge in [-0.25, -0.2) is 4.79 Å². The van der Waals surface area contributed by atoms with E-state index in [0.29, 0.717) is 11.8 Å². The first kappa shape index (κ1) is 10.8. The summed E-state index contributed by atoms with van der Waals surface area (Å²) >= 11 is 0.565. The molecule has 0 heterocycles. The minimum absolute atomic E-state index is 0.202. The van der Waals surface area contributed by atoms with E-state index in [1.807, 2.05) is 0 Å². The van der Waals surface area contributed by atoms with Crippen LogP contribution in [0.5, 0.6) is 0 Å². The van der Waals surface area contributed by atoms with E-state index in [9.17, 15) is 9.59 Å². The second-order valence-electron chi connectivity index (χ2n) is 4.07. The van der Waals surface area contributed by atoms with Gasteiger partial charge in [0.1, 0.15) is 5.60 Å². The van der Waals surface area contributed by atoms with Gasteiger partial charge in [0.25, 0.3) is 0 Å². The molecule has 0 bridgehead atoms. The molecule has 4 nitrogen and oxygen atoms in total. The van der Waals surface area contributed by atoms with Gasteiger partial charge in [-0.05, 0) is 20.8 Å². The third-order valence-corrected chi connectivity index (χ3v) is 1.78. The van der Waals surface area contributed by atoms with Crippen molar-refractivity contribution in [3.05, 3.63) is 0 Å². The molecule has 0 aromatic rings. The minimum atomic E-state index is -1.81. The summed E-state index contributed by atoms with van der Waals surface area (Å²) < 4.78 is 20.2. The van der Waals surface area contributed by atoms with Gasteiger partial charge >= 0.3 is 6.09 Å². The lowest BCUT2D eigenvalue weighted by molar-refractivity contribution is -0.109. The van der Waals surface area contributed by atoms with Gasteiger partial charge in [-0.3, -0.25) is 4.79 Å². The van der Waals surface area contributed by atoms with Crippen molar-refractivity contribution in [2.75, 3.05) is 19.3 Å².